The van der Waals surface area contributed by atoms with Gasteiger partial charge in [0.15, 0.2) is 0 Å². The average Bonchev–Trinajstić information content (AvgIpc) is 2.18. The first-order valence-corrected chi connectivity index (χ1v) is 5.57. The molecule has 0 amide bonds. The van der Waals surface area contributed by atoms with Gasteiger partial charge in [0.2, 0.25) is 0 Å². The molecule has 1 atom stereocenters. The first kappa shape index (κ1) is 11.4. The van der Waals surface area contributed by atoms with Gasteiger partial charge in [0.25, 0.3) is 10.2 Å². The summed E-state index contributed by atoms with van der Waals surface area (Å²) in [5, 5.41) is 11.6. The number of rotatable bonds is 3. The largest absolute Gasteiger partial charge is 0.480 e. The first-order chi connectivity index (χ1) is 6.49. The number of carboxylic acid groups (broad SMARTS) is 1. The van der Waals surface area contributed by atoms with Crippen molar-refractivity contribution in [1.82, 2.24) is 14.3 Å². The molecule has 1 aliphatic heterocycles. The number of aliphatic carboxylic acids is 1. The fourth-order valence-corrected chi connectivity index (χ4v) is 2.37. The monoisotopic (exact) mass is 223 g/mol. The fraction of sp³-hybridized carbons (Fsp3) is 0.833. The van der Waals surface area contributed by atoms with Crippen molar-refractivity contribution in [2.45, 2.75) is 6.04 Å². The Bertz CT molecular complexity index is 315. The predicted octanol–water partition coefficient (Wildman–Crippen LogP) is -2.19. The van der Waals surface area contributed by atoms with Crippen LogP contribution < -0.4 is 10.0 Å². The summed E-state index contributed by atoms with van der Waals surface area (Å²) in [5.74, 6) is -1.14. The SMILES string of the molecule is CNS(=O)(=O)N1CCNCC1C(=O)O. The molecular weight excluding hydrogens is 210 g/mol. The van der Waals surface area contributed by atoms with Gasteiger partial charge in [-0.1, -0.05) is 0 Å². The van der Waals surface area contributed by atoms with Crippen LogP contribution in [0.5, 0.6) is 0 Å². The van der Waals surface area contributed by atoms with Crippen LogP contribution in [0.1, 0.15) is 0 Å². The molecule has 14 heavy (non-hydrogen) atoms. The van der Waals surface area contributed by atoms with Crippen LogP contribution in [0.25, 0.3) is 0 Å². The topological polar surface area (TPSA) is 98.7 Å². The van der Waals surface area contributed by atoms with E-state index in [9.17, 15) is 13.2 Å². The third-order valence-corrected chi connectivity index (χ3v) is 3.62. The number of piperazine rings is 1. The highest BCUT2D eigenvalue weighted by Crippen LogP contribution is 2.07. The van der Waals surface area contributed by atoms with Crippen molar-refractivity contribution in [3.63, 3.8) is 0 Å². The molecule has 1 aliphatic rings. The van der Waals surface area contributed by atoms with E-state index in [1.807, 2.05) is 0 Å². The predicted molar refractivity (Wildman–Crippen MR) is 49.0 cm³/mol. The lowest BCUT2D eigenvalue weighted by Gasteiger charge is -2.31. The summed E-state index contributed by atoms with van der Waals surface area (Å²) in [5.41, 5.74) is 0. The number of nitrogens with one attached hydrogen (secondary N) is 2. The summed E-state index contributed by atoms with van der Waals surface area (Å²) >= 11 is 0. The molecule has 0 saturated carbocycles. The van der Waals surface area contributed by atoms with Crippen LogP contribution in [0, 0.1) is 0 Å². The van der Waals surface area contributed by atoms with Crippen LogP contribution in [-0.4, -0.2) is 56.5 Å². The van der Waals surface area contributed by atoms with Crippen molar-refractivity contribution in [1.29, 1.82) is 0 Å². The normalized spacial score (nSPS) is 24.8. The average molecular weight is 223 g/mol. The van der Waals surface area contributed by atoms with Crippen molar-refractivity contribution in [3.05, 3.63) is 0 Å². The molecule has 1 unspecified atom stereocenters. The third-order valence-electron chi connectivity index (χ3n) is 2.05. The second-order valence-electron chi connectivity index (χ2n) is 2.88. The number of hydrogen-bond acceptors (Lipinski definition) is 4. The van der Waals surface area contributed by atoms with Crippen LogP contribution in [0.4, 0.5) is 0 Å². The number of carboxylic acids is 1. The molecule has 1 saturated heterocycles. The smallest absolute Gasteiger partial charge is 0.323 e. The molecule has 7 nitrogen and oxygen atoms in total. The molecule has 0 radical (unpaired) electrons. The van der Waals surface area contributed by atoms with E-state index in [1.165, 1.54) is 7.05 Å². The maximum absolute atomic E-state index is 11.4. The minimum atomic E-state index is -3.65. The zero-order chi connectivity index (χ0) is 10.8. The van der Waals surface area contributed by atoms with Crippen molar-refractivity contribution < 1.29 is 18.3 Å². The highest BCUT2D eigenvalue weighted by Gasteiger charge is 2.35. The molecule has 82 valence electrons. The summed E-state index contributed by atoms with van der Waals surface area (Å²) in [6.45, 7) is 0.765. The molecular formula is C6H13N3O4S. The second kappa shape index (κ2) is 4.22. The standard InChI is InChI=1S/C6H13N3O4S/c1-7-14(12,13)9-3-2-8-4-5(9)6(10)11/h5,7-8H,2-4H2,1H3,(H,10,11). The number of nitrogens with zero attached hydrogens (tertiary/aromatic N) is 1. The minimum Gasteiger partial charge on any atom is -0.480 e. The molecule has 3 N–H and O–H groups in total. The highest BCUT2D eigenvalue weighted by atomic mass is 32.2. The van der Waals surface area contributed by atoms with Gasteiger partial charge in [-0.2, -0.15) is 12.7 Å². The fourth-order valence-electron chi connectivity index (χ4n) is 1.30. The van der Waals surface area contributed by atoms with Gasteiger partial charge in [-0.05, 0) is 0 Å². The van der Waals surface area contributed by atoms with E-state index < -0.39 is 22.2 Å². The molecule has 1 rings (SSSR count). The number of carbonyl (C=O) groups is 1. The lowest BCUT2D eigenvalue weighted by Crippen LogP contribution is -2.58. The lowest BCUT2D eigenvalue weighted by atomic mass is 10.2. The third kappa shape index (κ3) is 2.21. The van der Waals surface area contributed by atoms with Crippen LogP contribution >= 0.6 is 0 Å². The minimum absolute atomic E-state index is 0.135. The molecule has 1 fully saturated rings. The second-order valence-corrected chi connectivity index (χ2v) is 4.71. The molecule has 0 spiro atoms. The van der Waals surface area contributed by atoms with Gasteiger partial charge >= 0.3 is 5.97 Å². The van der Waals surface area contributed by atoms with Crippen molar-refractivity contribution in [2.24, 2.45) is 0 Å². The molecule has 0 aromatic heterocycles. The van der Waals surface area contributed by atoms with Gasteiger partial charge in [0.05, 0.1) is 0 Å². The van der Waals surface area contributed by atoms with Crippen LogP contribution in [-0.2, 0) is 15.0 Å². The molecule has 1 heterocycles. The molecule has 0 aliphatic carbocycles. The maximum atomic E-state index is 11.4. The van der Waals surface area contributed by atoms with E-state index in [1.54, 1.807) is 0 Å². The first-order valence-electron chi connectivity index (χ1n) is 4.13. The zero-order valence-electron chi connectivity index (χ0n) is 7.73. The zero-order valence-corrected chi connectivity index (χ0v) is 8.54. The summed E-state index contributed by atoms with van der Waals surface area (Å²) in [6, 6.07) is -1.03. The van der Waals surface area contributed by atoms with Crippen molar-refractivity contribution >= 4 is 16.2 Å². The number of hydrogen-bond donors (Lipinski definition) is 3. The van der Waals surface area contributed by atoms with Gasteiger partial charge in [-0.25, -0.2) is 4.72 Å². The Kier molecular flexibility index (Phi) is 3.43. The maximum Gasteiger partial charge on any atom is 0.323 e. The van der Waals surface area contributed by atoms with Gasteiger partial charge in [-0.15, -0.1) is 0 Å². The molecule has 8 heteroatoms. The Morgan fingerprint density at radius 3 is 2.79 bits per heavy atom. The van der Waals surface area contributed by atoms with Crippen LogP contribution in [0.15, 0.2) is 0 Å². The lowest BCUT2D eigenvalue weighted by molar-refractivity contribution is -0.141. The van der Waals surface area contributed by atoms with E-state index in [0.717, 1.165) is 4.31 Å². The van der Waals surface area contributed by atoms with E-state index in [4.69, 9.17) is 5.11 Å². The van der Waals surface area contributed by atoms with Gasteiger partial charge < -0.3 is 10.4 Å². The summed E-state index contributed by atoms with van der Waals surface area (Å²) in [4.78, 5) is 10.8. The van der Waals surface area contributed by atoms with E-state index in [0.29, 0.717) is 6.54 Å². The van der Waals surface area contributed by atoms with Crippen molar-refractivity contribution in [2.75, 3.05) is 26.7 Å². The Labute approximate surface area is 82.3 Å². The van der Waals surface area contributed by atoms with E-state index in [-0.39, 0.29) is 13.1 Å². The molecule has 0 bridgehead atoms. The van der Waals surface area contributed by atoms with Crippen molar-refractivity contribution in [3.8, 4) is 0 Å². The quantitative estimate of drug-likeness (QED) is 0.505. The van der Waals surface area contributed by atoms with Gasteiger partial charge in [0, 0.05) is 26.7 Å². The summed E-state index contributed by atoms with van der Waals surface area (Å²) in [7, 11) is -2.39. The Hall–Kier alpha value is -0.700. The molecule has 0 aromatic rings. The summed E-state index contributed by atoms with van der Waals surface area (Å²) < 4.78 is 25.8. The van der Waals surface area contributed by atoms with Gasteiger partial charge in [-0.3, -0.25) is 4.79 Å². The van der Waals surface area contributed by atoms with Crippen LogP contribution in [0.2, 0.25) is 0 Å². The Morgan fingerprint density at radius 1 is 1.64 bits per heavy atom. The highest BCUT2D eigenvalue weighted by molar-refractivity contribution is 7.87. The molecule has 0 aromatic carbocycles. The summed E-state index contributed by atoms with van der Waals surface area (Å²) in [6.07, 6.45) is 0. The van der Waals surface area contributed by atoms with E-state index >= 15 is 0 Å². The Balaban J connectivity index is 2.88. The van der Waals surface area contributed by atoms with E-state index in [2.05, 4.69) is 10.0 Å². The van der Waals surface area contributed by atoms with Gasteiger partial charge in [0.1, 0.15) is 6.04 Å². The Morgan fingerprint density at radius 2 is 2.29 bits per heavy atom. The van der Waals surface area contributed by atoms with Crippen LogP contribution in [0.3, 0.4) is 0 Å².